The molecular formula is C20H37ClN2O3. The van der Waals surface area contributed by atoms with Crippen molar-refractivity contribution in [1.82, 2.24) is 5.32 Å². The summed E-state index contributed by atoms with van der Waals surface area (Å²) < 4.78 is 5.18. The highest BCUT2D eigenvalue weighted by atomic mass is 35.5. The van der Waals surface area contributed by atoms with E-state index >= 15 is 0 Å². The molecule has 2 fully saturated rings. The Morgan fingerprint density at radius 2 is 1.46 bits per heavy atom. The van der Waals surface area contributed by atoms with Crippen LogP contribution in [0.4, 0.5) is 0 Å². The van der Waals surface area contributed by atoms with Crippen LogP contribution in [-0.4, -0.2) is 30.6 Å². The minimum absolute atomic E-state index is 0. The molecule has 0 saturated heterocycles. The maximum absolute atomic E-state index is 12.5. The fourth-order valence-electron chi connectivity index (χ4n) is 4.38. The standard InChI is InChI=1S/C20H36N2O3.ClH/c1-2-25-20(24)18(14-16-11-7-4-8-12-16)22-19(23)17(21)13-15-9-5-3-6-10-15;/h15-18H,2-14,21H2,1H3,(H,22,23);1H/t17-,18+;/m1./s1. The fraction of sp³-hybridized carbons (Fsp3) is 0.900. The zero-order valence-electron chi connectivity index (χ0n) is 16.2. The number of nitrogens with two attached hydrogens (primary N) is 1. The van der Waals surface area contributed by atoms with Gasteiger partial charge in [0, 0.05) is 0 Å². The molecule has 0 unspecified atom stereocenters. The van der Waals surface area contributed by atoms with Gasteiger partial charge in [-0.25, -0.2) is 4.79 Å². The predicted molar refractivity (Wildman–Crippen MR) is 106 cm³/mol. The number of halogens is 1. The summed E-state index contributed by atoms with van der Waals surface area (Å²) in [7, 11) is 0. The molecule has 152 valence electrons. The van der Waals surface area contributed by atoms with Crippen molar-refractivity contribution < 1.29 is 14.3 Å². The normalized spacial score (nSPS) is 21.3. The van der Waals surface area contributed by atoms with Gasteiger partial charge in [-0.2, -0.15) is 0 Å². The van der Waals surface area contributed by atoms with Crippen molar-refractivity contribution in [2.75, 3.05) is 6.61 Å². The summed E-state index contributed by atoms with van der Waals surface area (Å²) in [5, 5.41) is 2.90. The van der Waals surface area contributed by atoms with E-state index in [2.05, 4.69) is 5.32 Å². The van der Waals surface area contributed by atoms with E-state index in [4.69, 9.17) is 10.5 Å². The molecule has 2 aliphatic rings. The first-order chi connectivity index (χ1) is 12.1. The lowest BCUT2D eigenvalue weighted by atomic mass is 9.84. The second-order valence-electron chi connectivity index (χ2n) is 7.90. The second kappa shape index (κ2) is 12.6. The van der Waals surface area contributed by atoms with Gasteiger partial charge in [-0.15, -0.1) is 12.4 Å². The lowest BCUT2D eigenvalue weighted by Gasteiger charge is -2.28. The molecule has 5 nitrogen and oxygen atoms in total. The summed E-state index contributed by atoms with van der Waals surface area (Å²) in [5.74, 6) is 0.539. The quantitative estimate of drug-likeness (QED) is 0.621. The molecule has 6 heteroatoms. The molecule has 2 saturated carbocycles. The molecule has 0 radical (unpaired) electrons. The van der Waals surface area contributed by atoms with Crippen molar-refractivity contribution in [3.63, 3.8) is 0 Å². The zero-order chi connectivity index (χ0) is 18.1. The number of carbonyl (C=O) groups is 2. The van der Waals surface area contributed by atoms with Gasteiger partial charge < -0.3 is 15.8 Å². The molecular weight excluding hydrogens is 352 g/mol. The summed E-state index contributed by atoms with van der Waals surface area (Å²) in [6.45, 7) is 2.14. The molecule has 0 aromatic heterocycles. The van der Waals surface area contributed by atoms with E-state index in [-0.39, 0.29) is 24.3 Å². The first kappa shape index (κ1) is 23.2. The Morgan fingerprint density at radius 3 is 1.96 bits per heavy atom. The van der Waals surface area contributed by atoms with Gasteiger partial charge in [0.25, 0.3) is 0 Å². The van der Waals surface area contributed by atoms with Crippen LogP contribution in [0.3, 0.4) is 0 Å². The van der Waals surface area contributed by atoms with Crippen LogP contribution in [0.2, 0.25) is 0 Å². The van der Waals surface area contributed by atoms with Gasteiger partial charge in [0.1, 0.15) is 6.04 Å². The van der Waals surface area contributed by atoms with E-state index in [0.29, 0.717) is 24.9 Å². The van der Waals surface area contributed by atoms with Crippen molar-refractivity contribution in [3.05, 3.63) is 0 Å². The SMILES string of the molecule is CCOC(=O)[C@H](CC1CCCCC1)NC(=O)[C@H](N)CC1CCCCC1.Cl. The van der Waals surface area contributed by atoms with E-state index in [1.165, 1.54) is 51.4 Å². The van der Waals surface area contributed by atoms with Gasteiger partial charge >= 0.3 is 5.97 Å². The van der Waals surface area contributed by atoms with Crippen LogP contribution in [-0.2, 0) is 14.3 Å². The summed E-state index contributed by atoms with van der Waals surface area (Å²) >= 11 is 0. The highest BCUT2D eigenvalue weighted by molar-refractivity contribution is 5.87. The Labute approximate surface area is 164 Å². The third-order valence-corrected chi connectivity index (χ3v) is 5.83. The fourth-order valence-corrected chi connectivity index (χ4v) is 4.38. The van der Waals surface area contributed by atoms with Crippen LogP contribution in [0, 0.1) is 11.8 Å². The van der Waals surface area contributed by atoms with Crippen LogP contribution in [0.25, 0.3) is 0 Å². The van der Waals surface area contributed by atoms with Gasteiger partial charge in [-0.1, -0.05) is 64.2 Å². The summed E-state index contributed by atoms with van der Waals surface area (Å²) in [4.78, 5) is 24.8. The average molecular weight is 389 g/mol. The number of hydrogen-bond donors (Lipinski definition) is 2. The Kier molecular flexibility index (Phi) is 11.2. The lowest BCUT2D eigenvalue weighted by Crippen LogP contribution is -2.50. The molecule has 26 heavy (non-hydrogen) atoms. The number of amides is 1. The summed E-state index contributed by atoms with van der Waals surface area (Å²) in [5.41, 5.74) is 6.14. The molecule has 0 aromatic carbocycles. The molecule has 2 rings (SSSR count). The third-order valence-electron chi connectivity index (χ3n) is 5.83. The van der Waals surface area contributed by atoms with Gasteiger partial charge in [0.2, 0.25) is 5.91 Å². The average Bonchev–Trinajstić information content (AvgIpc) is 2.63. The van der Waals surface area contributed by atoms with E-state index in [0.717, 1.165) is 19.3 Å². The van der Waals surface area contributed by atoms with Gasteiger partial charge in [-0.05, 0) is 31.6 Å². The van der Waals surface area contributed by atoms with Crippen LogP contribution in [0.15, 0.2) is 0 Å². The minimum Gasteiger partial charge on any atom is -0.464 e. The second-order valence-corrected chi connectivity index (χ2v) is 7.90. The Bertz CT molecular complexity index is 421. The third kappa shape index (κ3) is 7.83. The number of hydrogen-bond acceptors (Lipinski definition) is 4. The molecule has 0 aliphatic heterocycles. The molecule has 0 spiro atoms. The molecule has 0 bridgehead atoms. The first-order valence-electron chi connectivity index (χ1n) is 10.3. The molecule has 2 atom stereocenters. The van der Waals surface area contributed by atoms with Gasteiger partial charge in [0.05, 0.1) is 12.6 Å². The Balaban J connectivity index is 0.00000338. The monoisotopic (exact) mass is 388 g/mol. The zero-order valence-corrected chi connectivity index (χ0v) is 17.0. The van der Waals surface area contributed by atoms with Crippen molar-refractivity contribution in [3.8, 4) is 0 Å². The molecule has 3 N–H and O–H groups in total. The number of rotatable bonds is 8. The molecule has 0 aromatic rings. The Hall–Kier alpha value is -0.810. The van der Waals surface area contributed by atoms with Crippen LogP contribution in [0.1, 0.15) is 84.0 Å². The van der Waals surface area contributed by atoms with Crippen molar-refractivity contribution in [2.24, 2.45) is 17.6 Å². The number of esters is 1. The maximum atomic E-state index is 12.5. The highest BCUT2D eigenvalue weighted by Crippen LogP contribution is 2.28. The van der Waals surface area contributed by atoms with E-state index in [1.807, 2.05) is 0 Å². The number of carbonyl (C=O) groups excluding carboxylic acids is 2. The molecule has 0 heterocycles. The minimum atomic E-state index is -0.548. The van der Waals surface area contributed by atoms with Gasteiger partial charge in [0.15, 0.2) is 0 Å². The first-order valence-corrected chi connectivity index (χ1v) is 10.3. The topological polar surface area (TPSA) is 81.4 Å². The maximum Gasteiger partial charge on any atom is 0.328 e. The summed E-state index contributed by atoms with van der Waals surface area (Å²) in [6.07, 6.45) is 13.5. The lowest BCUT2D eigenvalue weighted by molar-refractivity contribution is -0.148. The van der Waals surface area contributed by atoms with Crippen LogP contribution in [0.5, 0.6) is 0 Å². The van der Waals surface area contributed by atoms with Crippen LogP contribution >= 0.6 is 12.4 Å². The van der Waals surface area contributed by atoms with Crippen LogP contribution < -0.4 is 11.1 Å². The highest BCUT2D eigenvalue weighted by Gasteiger charge is 2.29. The predicted octanol–water partition coefficient (Wildman–Crippen LogP) is 3.72. The van der Waals surface area contributed by atoms with Crippen molar-refractivity contribution >= 4 is 24.3 Å². The van der Waals surface area contributed by atoms with Gasteiger partial charge in [-0.3, -0.25) is 4.79 Å². The largest absolute Gasteiger partial charge is 0.464 e. The number of ether oxygens (including phenoxy) is 1. The molecule has 2 aliphatic carbocycles. The smallest absolute Gasteiger partial charge is 0.328 e. The van der Waals surface area contributed by atoms with Crippen molar-refractivity contribution in [2.45, 2.75) is 96.1 Å². The van der Waals surface area contributed by atoms with Crippen molar-refractivity contribution in [1.29, 1.82) is 0 Å². The Morgan fingerprint density at radius 1 is 0.962 bits per heavy atom. The summed E-state index contributed by atoms with van der Waals surface area (Å²) in [6, 6.07) is -1.07. The van der Waals surface area contributed by atoms with E-state index in [9.17, 15) is 9.59 Å². The molecule has 1 amide bonds. The van der Waals surface area contributed by atoms with E-state index in [1.54, 1.807) is 6.92 Å². The van der Waals surface area contributed by atoms with E-state index < -0.39 is 12.1 Å². The number of nitrogens with one attached hydrogen (secondary N) is 1.